The Morgan fingerprint density at radius 1 is 0.786 bits per heavy atom. The van der Waals surface area contributed by atoms with Gasteiger partial charge in [0.25, 0.3) is 0 Å². The zero-order chi connectivity index (χ0) is 19.3. The zero-order valence-corrected chi connectivity index (χ0v) is 17.5. The van der Waals surface area contributed by atoms with Crippen LogP contribution in [0.4, 0.5) is 0 Å². The smallest absolute Gasteiger partial charge is 0.150 e. The van der Waals surface area contributed by atoms with Crippen LogP contribution in [0.3, 0.4) is 0 Å². The maximum absolute atomic E-state index is 11.7. The van der Waals surface area contributed by atoms with Crippen LogP contribution in [-0.4, -0.2) is 22.7 Å². The van der Waals surface area contributed by atoms with Crippen molar-refractivity contribution in [3.05, 3.63) is 48.0 Å². The van der Waals surface area contributed by atoms with E-state index in [1.165, 1.54) is 69.5 Å². The van der Waals surface area contributed by atoms with Crippen LogP contribution < -0.4 is 5.30 Å². The van der Waals surface area contributed by atoms with E-state index in [1.54, 1.807) is 12.1 Å². The highest BCUT2D eigenvalue weighted by Crippen LogP contribution is 2.56. The van der Waals surface area contributed by atoms with E-state index in [4.69, 9.17) is 0 Å². The number of phenolic OH excluding ortho intramolecular Hbond substituents is 1. The Labute approximate surface area is 170 Å². The Balaban J connectivity index is 1.82. The minimum Gasteiger partial charge on any atom is -0.507 e. The molecule has 0 saturated heterocycles. The summed E-state index contributed by atoms with van der Waals surface area (Å²) < 4.78 is 0. The number of hydrogen-bond acceptors (Lipinski definition) is 2. The van der Waals surface area contributed by atoms with Gasteiger partial charge >= 0.3 is 0 Å². The van der Waals surface area contributed by atoms with Crippen LogP contribution in [-0.2, 0) is 0 Å². The summed E-state index contributed by atoms with van der Waals surface area (Å²) >= 11 is 0. The molecule has 0 bridgehead atoms. The highest BCUT2D eigenvalue weighted by molar-refractivity contribution is 7.67. The van der Waals surface area contributed by atoms with Gasteiger partial charge in [0.2, 0.25) is 0 Å². The van der Waals surface area contributed by atoms with Crippen LogP contribution in [0.15, 0.2) is 42.5 Å². The third-order valence-electron chi connectivity index (χ3n) is 6.59. The number of hydrogen-bond donors (Lipinski definition) is 1. The van der Waals surface area contributed by atoms with E-state index in [0.717, 1.165) is 28.7 Å². The third-order valence-corrected chi connectivity index (χ3v) is 10.1. The molecular formula is C25H31O2P. The predicted molar refractivity (Wildman–Crippen MR) is 119 cm³/mol. The lowest BCUT2D eigenvalue weighted by atomic mass is 9.99. The molecule has 0 unspecified atom stereocenters. The number of rotatable bonds is 5. The Morgan fingerprint density at radius 2 is 1.39 bits per heavy atom. The molecule has 0 radical (unpaired) electrons. The van der Waals surface area contributed by atoms with Crippen LogP contribution >= 0.6 is 7.92 Å². The molecule has 0 heterocycles. The summed E-state index contributed by atoms with van der Waals surface area (Å²) in [6, 6.07) is 13.9. The van der Waals surface area contributed by atoms with E-state index in [2.05, 4.69) is 24.3 Å². The third kappa shape index (κ3) is 4.03. The summed E-state index contributed by atoms with van der Waals surface area (Å²) in [4.78, 5) is 11.7. The van der Waals surface area contributed by atoms with Crippen LogP contribution in [0, 0.1) is 0 Å². The molecule has 4 rings (SSSR count). The highest BCUT2D eigenvalue weighted by atomic mass is 31.1. The van der Waals surface area contributed by atoms with E-state index in [1.807, 2.05) is 6.07 Å². The molecule has 2 fully saturated rings. The standard InChI is InChI=1S/C25H31O2P/c26-18-19-10-9-16-23(27)25(19)22-15-7-8-17-24(22)28(20-11-3-1-4-12-20)21-13-5-2-6-14-21/h7-10,15-18,20-21,27H,1-6,11-14H2. The second kappa shape index (κ2) is 9.23. The van der Waals surface area contributed by atoms with Gasteiger partial charge in [0, 0.05) is 11.1 Å². The first kappa shape index (κ1) is 19.6. The lowest BCUT2D eigenvalue weighted by Crippen LogP contribution is -2.27. The molecule has 2 aliphatic rings. The molecule has 0 spiro atoms. The van der Waals surface area contributed by atoms with Gasteiger partial charge in [-0.05, 0) is 53.9 Å². The van der Waals surface area contributed by atoms with Crippen molar-refractivity contribution in [3.63, 3.8) is 0 Å². The minimum absolute atomic E-state index is 0.222. The summed E-state index contributed by atoms with van der Waals surface area (Å²) in [5, 5.41) is 12.1. The molecule has 2 saturated carbocycles. The lowest BCUT2D eigenvalue weighted by Gasteiger charge is -2.39. The molecular weight excluding hydrogens is 363 g/mol. The number of benzene rings is 2. The van der Waals surface area contributed by atoms with Crippen LogP contribution in [0.1, 0.15) is 74.6 Å². The molecule has 0 atom stereocenters. The van der Waals surface area contributed by atoms with Gasteiger partial charge in [-0.25, -0.2) is 0 Å². The number of carbonyl (C=O) groups is 1. The van der Waals surface area contributed by atoms with Crippen LogP contribution in [0.5, 0.6) is 5.75 Å². The average molecular weight is 394 g/mol. The fraction of sp³-hybridized carbons (Fsp3) is 0.480. The molecule has 2 aliphatic carbocycles. The summed E-state index contributed by atoms with van der Waals surface area (Å²) in [5.74, 6) is 0.222. The zero-order valence-electron chi connectivity index (χ0n) is 16.6. The van der Waals surface area contributed by atoms with Gasteiger partial charge < -0.3 is 5.11 Å². The molecule has 2 nitrogen and oxygen atoms in total. The van der Waals surface area contributed by atoms with Gasteiger partial charge in [-0.15, -0.1) is 0 Å². The maximum Gasteiger partial charge on any atom is 0.150 e. The lowest BCUT2D eigenvalue weighted by molar-refractivity contribution is 0.112. The molecule has 0 aliphatic heterocycles. The Morgan fingerprint density at radius 3 is 2.00 bits per heavy atom. The first-order valence-corrected chi connectivity index (χ1v) is 12.4. The number of aldehydes is 1. The van der Waals surface area contributed by atoms with Crippen molar-refractivity contribution >= 4 is 19.5 Å². The quantitative estimate of drug-likeness (QED) is 0.456. The molecule has 3 heteroatoms. The first-order valence-electron chi connectivity index (χ1n) is 10.9. The Kier molecular flexibility index (Phi) is 6.47. The van der Waals surface area contributed by atoms with Crippen molar-refractivity contribution in [2.24, 2.45) is 0 Å². The normalized spacial score (nSPS) is 19.0. The monoisotopic (exact) mass is 394 g/mol. The van der Waals surface area contributed by atoms with E-state index in [-0.39, 0.29) is 13.7 Å². The number of carbonyl (C=O) groups excluding carboxylic acids is 1. The van der Waals surface area contributed by atoms with Gasteiger partial charge in [0.05, 0.1) is 0 Å². The summed E-state index contributed by atoms with van der Waals surface area (Å²) in [6.07, 6.45) is 14.4. The van der Waals surface area contributed by atoms with Gasteiger partial charge in [-0.2, -0.15) is 0 Å². The van der Waals surface area contributed by atoms with Crippen molar-refractivity contribution in [1.29, 1.82) is 0 Å². The maximum atomic E-state index is 11.7. The van der Waals surface area contributed by atoms with Crippen molar-refractivity contribution in [2.75, 3.05) is 0 Å². The Bertz CT molecular complexity index is 786. The average Bonchev–Trinajstić information content (AvgIpc) is 2.76. The molecule has 1 N–H and O–H groups in total. The highest BCUT2D eigenvalue weighted by Gasteiger charge is 2.34. The predicted octanol–water partition coefficient (Wildman–Crippen LogP) is 6.64. The SMILES string of the molecule is O=Cc1cccc(O)c1-c1ccccc1P(C1CCCCC1)C1CCCCC1. The molecule has 0 amide bonds. The summed E-state index contributed by atoms with van der Waals surface area (Å²) in [7, 11) is -0.293. The van der Waals surface area contributed by atoms with Gasteiger partial charge in [-0.1, -0.05) is 82.8 Å². The van der Waals surface area contributed by atoms with E-state index < -0.39 is 0 Å². The van der Waals surface area contributed by atoms with Crippen molar-refractivity contribution < 1.29 is 9.90 Å². The van der Waals surface area contributed by atoms with Crippen LogP contribution in [0.2, 0.25) is 0 Å². The minimum atomic E-state index is -0.293. The second-order valence-electron chi connectivity index (χ2n) is 8.37. The fourth-order valence-electron chi connectivity index (χ4n) is 5.27. The van der Waals surface area contributed by atoms with Crippen molar-refractivity contribution in [2.45, 2.75) is 75.5 Å². The fourth-order valence-corrected chi connectivity index (χ4v) is 9.22. The molecule has 28 heavy (non-hydrogen) atoms. The van der Waals surface area contributed by atoms with E-state index in [0.29, 0.717) is 5.56 Å². The first-order chi connectivity index (χ1) is 13.8. The van der Waals surface area contributed by atoms with Crippen molar-refractivity contribution in [1.82, 2.24) is 0 Å². The Hall–Kier alpha value is -1.66. The van der Waals surface area contributed by atoms with Crippen LogP contribution in [0.25, 0.3) is 11.1 Å². The van der Waals surface area contributed by atoms with Crippen molar-refractivity contribution in [3.8, 4) is 16.9 Å². The number of phenols is 1. The van der Waals surface area contributed by atoms with Gasteiger partial charge in [0.1, 0.15) is 5.75 Å². The topological polar surface area (TPSA) is 37.3 Å². The molecule has 2 aromatic carbocycles. The summed E-state index contributed by atoms with van der Waals surface area (Å²) in [6.45, 7) is 0. The molecule has 2 aromatic rings. The van der Waals surface area contributed by atoms with E-state index >= 15 is 0 Å². The van der Waals surface area contributed by atoms with Gasteiger partial charge in [-0.3, -0.25) is 4.79 Å². The molecule has 0 aromatic heterocycles. The second-order valence-corrected chi connectivity index (χ2v) is 11.1. The summed E-state index contributed by atoms with van der Waals surface area (Å²) in [5.41, 5.74) is 3.99. The number of aromatic hydroxyl groups is 1. The molecule has 148 valence electrons. The van der Waals surface area contributed by atoms with Gasteiger partial charge in [0.15, 0.2) is 6.29 Å². The van der Waals surface area contributed by atoms with E-state index in [9.17, 15) is 9.90 Å². The largest absolute Gasteiger partial charge is 0.507 e.